The van der Waals surface area contributed by atoms with E-state index in [1.165, 1.54) is 28.6 Å². The summed E-state index contributed by atoms with van der Waals surface area (Å²) in [5.41, 5.74) is 1.11. The van der Waals surface area contributed by atoms with Gasteiger partial charge in [0.2, 0.25) is 15.9 Å². The number of hydrogen-bond acceptors (Lipinski definition) is 5. The molecule has 1 N–H and O–H groups in total. The van der Waals surface area contributed by atoms with Crippen LogP contribution in [0.5, 0.6) is 0 Å². The Balaban J connectivity index is 1.21. The van der Waals surface area contributed by atoms with E-state index in [-0.39, 0.29) is 48.0 Å². The fourth-order valence-electron chi connectivity index (χ4n) is 5.50. The van der Waals surface area contributed by atoms with Gasteiger partial charge < -0.3 is 15.0 Å². The molecule has 1 heterocycles. The van der Waals surface area contributed by atoms with Crippen molar-refractivity contribution in [3.63, 3.8) is 0 Å². The summed E-state index contributed by atoms with van der Waals surface area (Å²) in [6.45, 7) is 0.482. The topological polar surface area (TPSA) is 79.0 Å². The van der Waals surface area contributed by atoms with Gasteiger partial charge in [0.1, 0.15) is 12.4 Å². The lowest BCUT2D eigenvalue weighted by atomic mass is 9.78. The van der Waals surface area contributed by atoms with Gasteiger partial charge in [-0.2, -0.15) is 4.31 Å². The molecule has 2 aromatic rings. The summed E-state index contributed by atoms with van der Waals surface area (Å²) < 4.78 is 46.2. The van der Waals surface area contributed by atoms with Crippen LogP contribution in [0.1, 0.15) is 43.7 Å². The molecule has 1 aliphatic carbocycles. The first-order chi connectivity index (χ1) is 17.6. The molecule has 1 amide bonds. The number of benzene rings is 2. The number of carbonyl (C=O) groups is 1. The molecular weight excluding hydrogens is 517 g/mol. The third-order valence-electron chi connectivity index (χ3n) is 7.36. The van der Waals surface area contributed by atoms with Crippen LogP contribution in [0.3, 0.4) is 0 Å². The average molecular weight is 552 g/mol. The van der Waals surface area contributed by atoms with E-state index in [0.717, 1.165) is 31.2 Å². The maximum atomic E-state index is 13.4. The summed E-state index contributed by atoms with van der Waals surface area (Å²) in [7, 11) is 0.473. The lowest BCUT2D eigenvalue weighted by Gasteiger charge is -2.37. The molecule has 37 heavy (non-hydrogen) atoms. The van der Waals surface area contributed by atoms with E-state index in [0.29, 0.717) is 23.9 Å². The van der Waals surface area contributed by atoms with Crippen molar-refractivity contribution in [2.75, 3.05) is 33.8 Å². The first-order valence-corrected chi connectivity index (χ1v) is 14.5. The van der Waals surface area contributed by atoms with E-state index >= 15 is 0 Å². The lowest BCUT2D eigenvalue weighted by Crippen LogP contribution is -2.42. The minimum absolute atomic E-state index is 0.0880. The van der Waals surface area contributed by atoms with Gasteiger partial charge >= 0.3 is 0 Å². The summed E-state index contributed by atoms with van der Waals surface area (Å²) in [5.74, 6) is 0.0189. The molecule has 0 spiro atoms. The van der Waals surface area contributed by atoms with Gasteiger partial charge in [-0.3, -0.25) is 4.79 Å². The van der Waals surface area contributed by atoms with Crippen LogP contribution in [0.25, 0.3) is 0 Å². The molecule has 1 saturated carbocycles. The maximum absolute atomic E-state index is 13.4. The summed E-state index contributed by atoms with van der Waals surface area (Å²) in [4.78, 5) is 14.9. The van der Waals surface area contributed by atoms with Gasteiger partial charge in [0.15, 0.2) is 0 Å². The highest BCUT2D eigenvalue weighted by molar-refractivity contribution is 7.89. The van der Waals surface area contributed by atoms with Crippen molar-refractivity contribution in [3.8, 4) is 0 Å². The first kappa shape index (κ1) is 28.0. The first-order valence-electron chi connectivity index (χ1n) is 12.7. The monoisotopic (exact) mass is 551 g/mol. The summed E-state index contributed by atoms with van der Waals surface area (Å²) in [6.07, 6.45) is 3.90. The number of rotatable bonds is 9. The van der Waals surface area contributed by atoms with E-state index in [1.807, 2.05) is 26.2 Å². The SMILES string of the molecule is CN(C)C(c1ccc(F)cc1)C1CCC(NC(=O)COC2CCN(S(=O)(=O)c3ccc(Cl)cc3)C2)CC1. The second kappa shape index (κ2) is 12.2. The minimum atomic E-state index is -3.62. The Morgan fingerprint density at radius 3 is 2.35 bits per heavy atom. The Morgan fingerprint density at radius 2 is 1.73 bits per heavy atom. The Kier molecular flexibility index (Phi) is 9.24. The van der Waals surface area contributed by atoms with Gasteiger partial charge in [0.25, 0.3) is 0 Å². The Bertz CT molecular complexity index is 1150. The van der Waals surface area contributed by atoms with Crippen LogP contribution in [-0.2, 0) is 19.6 Å². The van der Waals surface area contributed by atoms with E-state index in [1.54, 1.807) is 12.1 Å². The summed E-state index contributed by atoms with van der Waals surface area (Å²) >= 11 is 5.87. The molecule has 2 unspecified atom stereocenters. The normalized spacial score (nSPS) is 23.8. The molecule has 0 aromatic heterocycles. The van der Waals surface area contributed by atoms with Crippen molar-refractivity contribution >= 4 is 27.5 Å². The van der Waals surface area contributed by atoms with Crippen LogP contribution >= 0.6 is 11.6 Å². The van der Waals surface area contributed by atoms with Crippen LogP contribution in [0.15, 0.2) is 53.4 Å². The highest BCUT2D eigenvalue weighted by Gasteiger charge is 2.34. The molecule has 2 fully saturated rings. The van der Waals surface area contributed by atoms with Gasteiger partial charge in [-0.25, -0.2) is 12.8 Å². The second-order valence-electron chi connectivity index (χ2n) is 10.2. The number of sulfonamides is 1. The third kappa shape index (κ3) is 7.09. The molecule has 0 radical (unpaired) electrons. The zero-order valence-corrected chi connectivity index (χ0v) is 22.8. The Hall–Kier alpha value is -2.04. The van der Waals surface area contributed by atoms with E-state index in [4.69, 9.17) is 16.3 Å². The Labute approximate surface area is 224 Å². The quantitative estimate of drug-likeness (QED) is 0.504. The van der Waals surface area contributed by atoms with E-state index in [9.17, 15) is 17.6 Å². The number of carbonyl (C=O) groups excluding carboxylic acids is 1. The molecule has 7 nitrogen and oxygen atoms in total. The second-order valence-corrected chi connectivity index (χ2v) is 12.6. The lowest BCUT2D eigenvalue weighted by molar-refractivity contribution is -0.128. The van der Waals surface area contributed by atoms with Gasteiger partial charge in [-0.15, -0.1) is 0 Å². The van der Waals surface area contributed by atoms with Crippen LogP contribution in [-0.4, -0.2) is 69.5 Å². The number of hydrogen-bond donors (Lipinski definition) is 1. The van der Waals surface area contributed by atoms with E-state index in [2.05, 4.69) is 10.2 Å². The summed E-state index contributed by atoms with van der Waals surface area (Å²) in [5, 5.41) is 3.56. The molecule has 2 aliphatic rings. The van der Waals surface area contributed by atoms with Crippen LogP contribution < -0.4 is 5.32 Å². The van der Waals surface area contributed by atoms with Crippen molar-refractivity contribution in [2.45, 2.75) is 55.2 Å². The smallest absolute Gasteiger partial charge is 0.246 e. The molecule has 0 bridgehead atoms. The zero-order valence-electron chi connectivity index (χ0n) is 21.3. The van der Waals surface area contributed by atoms with Gasteiger partial charge in [0, 0.05) is 30.2 Å². The Morgan fingerprint density at radius 1 is 1.08 bits per heavy atom. The maximum Gasteiger partial charge on any atom is 0.246 e. The van der Waals surface area contributed by atoms with Crippen molar-refractivity contribution in [2.24, 2.45) is 5.92 Å². The predicted octanol–water partition coefficient (Wildman–Crippen LogP) is 4.24. The van der Waals surface area contributed by atoms with Crippen LogP contribution in [0, 0.1) is 11.7 Å². The molecule has 10 heteroatoms. The third-order valence-corrected chi connectivity index (χ3v) is 9.49. The van der Waals surface area contributed by atoms with Crippen LogP contribution in [0.2, 0.25) is 5.02 Å². The number of ether oxygens (including phenoxy) is 1. The highest BCUT2D eigenvalue weighted by Crippen LogP contribution is 2.37. The van der Waals surface area contributed by atoms with Crippen molar-refractivity contribution in [1.29, 1.82) is 0 Å². The average Bonchev–Trinajstić information content (AvgIpc) is 3.35. The number of amides is 1. The van der Waals surface area contributed by atoms with Gasteiger partial charge in [-0.05, 0) is 94.1 Å². The predicted molar refractivity (Wildman–Crippen MR) is 141 cm³/mol. The van der Waals surface area contributed by atoms with Crippen LogP contribution in [0.4, 0.5) is 4.39 Å². The molecule has 4 rings (SSSR count). The fraction of sp³-hybridized carbons (Fsp3) is 0.519. The van der Waals surface area contributed by atoms with Crippen molar-refractivity contribution < 1.29 is 22.3 Å². The largest absolute Gasteiger partial charge is 0.367 e. The number of halogens is 2. The molecule has 2 aromatic carbocycles. The van der Waals surface area contributed by atoms with E-state index < -0.39 is 10.0 Å². The van der Waals surface area contributed by atoms with Crippen molar-refractivity contribution in [1.82, 2.24) is 14.5 Å². The van der Waals surface area contributed by atoms with Gasteiger partial charge in [-0.1, -0.05) is 23.7 Å². The number of nitrogens with one attached hydrogen (secondary N) is 1. The molecule has 202 valence electrons. The standard InChI is InChI=1S/C27H35ClFN3O4S/c1-31(2)27(19-3-9-22(29)10-4-19)20-5-11-23(12-6-20)30-26(33)18-36-24-15-16-32(17-24)37(34,35)25-13-7-21(28)8-14-25/h3-4,7-10,13-14,20,23-24,27H,5-6,11-12,15-18H2,1-2H3,(H,30,33). The molecule has 1 saturated heterocycles. The molecule has 2 atom stereocenters. The van der Waals surface area contributed by atoms with Crippen molar-refractivity contribution in [3.05, 3.63) is 64.9 Å². The fourth-order valence-corrected chi connectivity index (χ4v) is 7.11. The summed E-state index contributed by atoms with van der Waals surface area (Å²) in [6, 6.07) is 13.1. The molecule has 1 aliphatic heterocycles. The van der Waals surface area contributed by atoms with Gasteiger partial charge in [0.05, 0.1) is 11.0 Å². The minimum Gasteiger partial charge on any atom is -0.367 e. The molecular formula is C27H35ClFN3O4S. The highest BCUT2D eigenvalue weighted by atomic mass is 35.5. The number of nitrogens with zero attached hydrogens (tertiary/aromatic N) is 2. The zero-order chi connectivity index (χ0) is 26.6.